The Kier molecular flexibility index (Phi) is 7.30. The van der Waals surface area contributed by atoms with E-state index in [0.29, 0.717) is 40.4 Å². The number of anilines is 1. The van der Waals surface area contributed by atoms with Gasteiger partial charge in [-0.2, -0.15) is 22.8 Å². The normalized spacial score (nSPS) is 19.6. The van der Waals surface area contributed by atoms with E-state index < -0.39 is 24.5 Å². The first-order valence-corrected chi connectivity index (χ1v) is 13.6. The summed E-state index contributed by atoms with van der Waals surface area (Å²) >= 11 is 12.5. The van der Waals surface area contributed by atoms with Gasteiger partial charge in [-0.25, -0.2) is 9.48 Å². The van der Waals surface area contributed by atoms with E-state index in [4.69, 9.17) is 32.9 Å². The SMILES string of the molecule is O=c1n(Cc2nc(N3CCC4OCCC43)n(-c3ccccc3Cl)n2)nc(-c2ccc(Cl)cc2)n1CC(O)C(F)(F)F. The van der Waals surface area contributed by atoms with Gasteiger partial charge in [0.05, 0.1) is 29.4 Å². The second-order valence-corrected chi connectivity index (χ2v) is 10.7. The van der Waals surface area contributed by atoms with Crippen LogP contribution in [0.25, 0.3) is 17.1 Å². The average Bonchev–Trinajstić information content (AvgIpc) is 3.70. The number of hydrogen-bond acceptors (Lipinski definition) is 7. The van der Waals surface area contributed by atoms with Crippen molar-refractivity contribution < 1.29 is 23.0 Å². The van der Waals surface area contributed by atoms with Gasteiger partial charge in [0, 0.05) is 23.7 Å². The summed E-state index contributed by atoms with van der Waals surface area (Å²) in [5.41, 5.74) is 0.0665. The highest BCUT2D eigenvalue weighted by molar-refractivity contribution is 6.32. The number of aromatic nitrogens is 6. The van der Waals surface area contributed by atoms with Crippen molar-refractivity contribution in [2.75, 3.05) is 18.1 Å². The molecule has 4 heterocycles. The minimum Gasteiger partial charge on any atom is -0.382 e. The molecule has 41 heavy (non-hydrogen) atoms. The highest BCUT2D eigenvalue weighted by Crippen LogP contribution is 2.34. The van der Waals surface area contributed by atoms with Crippen LogP contribution in [0.3, 0.4) is 0 Å². The molecule has 3 unspecified atom stereocenters. The molecule has 216 valence electrons. The molecule has 2 saturated heterocycles. The molecule has 15 heteroatoms. The van der Waals surface area contributed by atoms with E-state index in [1.807, 2.05) is 6.07 Å². The summed E-state index contributed by atoms with van der Waals surface area (Å²) in [4.78, 5) is 20.2. The third-order valence-electron chi connectivity index (χ3n) is 7.25. The Bertz CT molecular complexity index is 1620. The van der Waals surface area contributed by atoms with Gasteiger partial charge in [0.25, 0.3) is 0 Å². The summed E-state index contributed by atoms with van der Waals surface area (Å²) < 4.78 is 48.9. The number of fused-ring (bicyclic) bond motifs is 1. The second kappa shape index (κ2) is 10.8. The van der Waals surface area contributed by atoms with Gasteiger partial charge in [0.2, 0.25) is 5.95 Å². The number of rotatable bonds is 7. The lowest BCUT2D eigenvalue weighted by Gasteiger charge is -2.24. The zero-order chi connectivity index (χ0) is 28.9. The van der Waals surface area contributed by atoms with Crippen LogP contribution in [-0.4, -0.2) is 71.8 Å². The Morgan fingerprint density at radius 3 is 2.56 bits per heavy atom. The Morgan fingerprint density at radius 1 is 1.07 bits per heavy atom. The Morgan fingerprint density at radius 2 is 1.83 bits per heavy atom. The quantitative estimate of drug-likeness (QED) is 0.338. The molecule has 0 aliphatic carbocycles. The van der Waals surface area contributed by atoms with E-state index in [2.05, 4.69) is 15.1 Å². The second-order valence-electron chi connectivity index (χ2n) is 9.88. The molecule has 0 saturated carbocycles. The number of benzene rings is 2. The number of nitrogens with zero attached hydrogens (tertiary/aromatic N) is 7. The van der Waals surface area contributed by atoms with Gasteiger partial charge < -0.3 is 14.7 Å². The van der Waals surface area contributed by atoms with Gasteiger partial charge >= 0.3 is 11.9 Å². The maximum atomic E-state index is 13.4. The molecule has 6 rings (SSSR count). The molecule has 10 nitrogen and oxygen atoms in total. The van der Waals surface area contributed by atoms with Gasteiger partial charge in [0.15, 0.2) is 17.8 Å². The van der Waals surface area contributed by atoms with Crippen LogP contribution in [0.4, 0.5) is 19.1 Å². The molecule has 0 bridgehead atoms. The fraction of sp³-hybridized carbons (Fsp3) is 0.385. The van der Waals surface area contributed by atoms with Crippen molar-refractivity contribution in [1.82, 2.24) is 29.1 Å². The molecular weight excluding hydrogens is 586 g/mol. The average molecular weight is 610 g/mol. The third kappa shape index (κ3) is 5.34. The lowest BCUT2D eigenvalue weighted by molar-refractivity contribution is -0.207. The molecular formula is C26H24Cl2F3N7O3. The van der Waals surface area contributed by atoms with E-state index in [1.165, 1.54) is 24.3 Å². The number of hydrogen-bond donors (Lipinski definition) is 1. The van der Waals surface area contributed by atoms with Crippen molar-refractivity contribution in [1.29, 1.82) is 0 Å². The van der Waals surface area contributed by atoms with E-state index in [9.17, 15) is 23.1 Å². The number of ether oxygens (including phenoxy) is 1. The van der Waals surface area contributed by atoms with Crippen LogP contribution in [0, 0.1) is 0 Å². The first kappa shape index (κ1) is 27.8. The molecule has 2 aromatic carbocycles. The number of halogens is 5. The van der Waals surface area contributed by atoms with Crippen molar-refractivity contribution in [3.8, 4) is 17.1 Å². The predicted molar refractivity (Wildman–Crippen MR) is 145 cm³/mol. The zero-order valence-electron chi connectivity index (χ0n) is 21.4. The molecule has 2 aliphatic rings. The van der Waals surface area contributed by atoms with Gasteiger partial charge in [-0.1, -0.05) is 35.3 Å². The fourth-order valence-electron chi connectivity index (χ4n) is 5.26. The third-order valence-corrected chi connectivity index (χ3v) is 7.82. The summed E-state index contributed by atoms with van der Waals surface area (Å²) in [5, 5.41) is 19.6. The maximum absolute atomic E-state index is 13.4. The summed E-state index contributed by atoms with van der Waals surface area (Å²) in [5.74, 6) is 0.656. The van der Waals surface area contributed by atoms with Gasteiger partial charge in [-0.05, 0) is 49.2 Å². The van der Waals surface area contributed by atoms with Gasteiger partial charge in [-0.3, -0.25) is 4.57 Å². The Labute approximate surface area is 241 Å². The zero-order valence-corrected chi connectivity index (χ0v) is 22.9. The lowest BCUT2D eigenvalue weighted by Crippen LogP contribution is -2.37. The number of aliphatic hydroxyl groups excluding tert-OH is 1. The number of aliphatic hydroxyl groups is 1. The van der Waals surface area contributed by atoms with Crippen LogP contribution in [-0.2, 0) is 17.8 Å². The van der Waals surface area contributed by atoms with Crippen molar-refractivity contribution >= 4 is 29.2 Å². The van der Waals surface area contributed by atoms with Crippen LogP contribution < -0.4 is 10.6 Å². The molecule has 0 spiro atoms. The fourth-order valence-corrected chi connectivity index (χ4v) is 5.61. The summed E-state index contributed by atoms with van der Waals surface area (Å²) in [6, 6.07) is 13.3. The molecule has 3 atom stereocenters. The minimum absolute atomic E-state index is 0.0637. The molecule has 2 aromatic heterocycles. The highest BCUT2D eigenvalue weighted by atomic mass is 35.5. The van der Waals surface area contributed by atoms with Crippen LogP contribution in [0.5, 0.6) is 0 Å². The van der Waals surface area contributed by atoms with Crippen LogP contribution in [0.15, 0.2) is 53.3 Å². The van der Waals surface area contributed by atoms with Crippen LogP contribution >= 0.6 is 23.2 Å². The summed E-state index contributed by atoms with van der Waals surface area (Å²) in [6.07, 6.45) is -5.98. The predicted octanol–water partition coefficient (Wildman–Crippen LogP) is 3.94. The maximum Gasteiger partial charge on any atom is 0.416 e. The van der Waals surface area contributed by atoms with Crippen molar-refractivity contribution in [3.63, 3.8) is 0 Å². The smallest absolute Gasteiger partial charge is 0.382 e. The lowest BCUT2D eigenvalue weighted by atomic mass is 10.1. The molecule has 1 N–H and O–H groups in total. The Hall–Kier alpha value is -3.39. The number of para-hydroxylation sites is 1. The highest BCUT2D eigenvalue weighted by Gasteiger charge is 2.42. The largest absolute Gasteiger partial charge is 0.416 e. The monoisotopic (exact) mass is 609 g/mol. The van der Waals surface area contributed by atoms with E-state index >= 15 is 0 Å². The van der Waals surface area contributed by atoms with Crippen molar-refractivity contribution in [2.45, 2.75) is 50.4 Å². The molecule has 2 fully saturated rings. The summed E-state index contributed by atoms with van der Waals surface area (Å²) in [6.45, 7) is 0.0485. The Balaban J connectivity index is 1.41. The molecule has 4 aromatic rings. The molecule has 2 aliphatic heterocycles. The minimum atomic E-state index is -4.93. The van der Waals surface area contributed by atoms with Crippen LogP contribution in [0.1, 0.15) is 18.7 Å². The first-order valence-electron chi connectivity index (χ1n) is 12.9. The van der Waals surface area contributed by atoms with Gasteiger partial charge in [0.1, 0.15) is 6.54 Å². The van der Waals surface area contributed by atoms with Crippen LogP contribution in [0.2, 0.25) is 10.0 Å². The van der Waals surface area contributed by atoms with E-state index in [-0.39, 0.29) is 30.3 Å². The van der Waals surface area contributed by atoms with E-state index in [0.717, 1.165) is 22.1 Å². The topological polar surface area (TPSA) is 103 Å². The standard InChI is InChI=1S/C26H24Cl2F3N7O3/c27-16-7-5-15(6-8-16)23-34-37(25(40)36(23)13-21(39)26(29,30)31)14-22-32-24(35-11-9-20-19(35)10-12-41-20)38(33-22)18-4-2-1-3-17(18)28/h1-8,19-21,39H,9-14H2. The molecule has 0 radical (unpaired) electrons. The van der Waals surface area contributed by atoms with Crippen molar-refractivity contribution in [3.05, 3.63) is 74.9 Å². The first-order chi connectivity index (χ1) is 19.6. The van der Waals surface area contributed by atoms with Gasteiger partial charge in [-0.15, -0.1) is 10.2 Å². The van der Waals surface area contributed by atoms with Crippen molar-refractivity contribution in [2.24, 2.45) is 0 Å². The molecule has 0 amide bonds. The van der Waals surface area contributed by atoms with E-state index in [1.54, 1.807) is 22.9 Å². The summed E-state index contributed by atoms with van der Waals surface area (Å²) in [7, 11) is 0. The number of alkyl halides is 3.